The van der Waals surface area contributed by atoms with Crippen LogP contribution >= 0.6 is 0 Å². The molecule has 0 aromatic heterocycles. The number of aliphatic hydroxyl groups is 3. The molecule has 0 radical (unpaired) electrons. The van der Waals surface area contributed by atoms with Crippen LogP contribution in [-0.4, -0.2) is 99.0 Å². The molecule has 14 nitrogen and oxygen atoms in total. The van der Waals surface area contributed by atoms with E-state index in [1.807, 2.05) is 0 Å². The molecular formula is C44H55NO13. The quantitative estimate of drug-likeness (QED) is 0.165. The first-order valence-electron chi connectivity index (χ1n) is 19.7. The van der Waals surface area contributed by atoms with Crippen molar-refractivity contribution in [1.82, 2.24) is 5.32 Å². The number of hydrogen-bond acceptors (Lipinski definition) is 13. The minimum atomic E-state index is -2.27. The van der Waals surface area contributed by atoms with E-state index < -0.39 is 112 Å². The molecular weight excluding hydrogens is 750 g/mol. The maximum atomic E-state index is 15.0. The van der Waals surface area contributed by atoms with E-state index in [9.17, 15) is 39.3 Å². The van der Waals surface area contributed by atoms with Crippen molar-refractivity contribution >= 4 is 29.8 Å². The van der Waals surface area contributed by atoms with Crippen LogP contribution in [0, 0.1) is 22.7 Å². The molecule has 2 saturated carbocycles. The van der Waals surface area contributed by atoms with Gasteiger partial charge in [-0.3, -0.25) is 14.4 Å². The Morgan fingerprint density at radius 1 is 0.948 bits per heavy atom. The number of Topliss-reactive ketones (excluding diaryl/α,β-unsaturated/α-hetero) is 1. The number of aliphatic hydroxyl groups excluding tert-OH is 2. The van der Waals surface area contributed by atoms with Gasteiger partial charge in [0.2, 0.25) is 0 Å². The van der Waals surface area contributed by atoms with Crippen LogP contribution in [0.5, 0.6) is 0 Å². The molecule has 314 valence electrons. The SMILES string of the molecule is CC(=O)O[C@@]12CO[C@@H]1C[C@H](O)[C@@]1(C)C(=O)[C@H](O)C3=C(C)[C@@H](OC(=O)[C@H](C)[C@@H](NC(=O)OC(C)(C)C)c4ccccc4)C[C@@](O)(C(OC(=O)c4ccccc4)C12)C3(C)C. The molecule has 3 aliphatic carbocycles. The van der Waals surface area contributed by atoms with E-state index in [4.69, 9.17) is 23.7 Å². The zero-order valence-electron chi connectivity index (χ0n) is 34.4. The lowest BCUT2D eigenvalue weighted by Gasteiger charge is -2.67. The van der Waals surface area contributed by atoms with Crippen LogP contribution in [0.25, 0.3) is 0 Å². The average Bonchev–Trinajstić information content (AvgIpc) is 3.14. The Kier molecular flexibility index (Phi) is 11.3. The molecule has 58 heavy (non-hydrogen) atoms. The summed E-state index contributed by atoms with van der Waals surface area (Å²) in [6.07, 6.45) is -8.79. The molecule has 2 unspecified atom stereocenters. The lowest BCUT2D eigenvalue weighted by Crippen LogP contribution is -2.81. The second-order valence-corrected chi connectivity index (χ2v) is 17.9. The van der Waals surface area contributed by atoms with Gasteiger partial charge in [-0.15, -0.1) is 0 Å². The van der Waals surface area contributed by atoms with Gasteiger partial charge in [-0.05, 0) is 70.4 Å². The van der Waals surface area contributed by atoms with E-state index in [1.54, 1.807) is 97.0 Å². The highest BCUT2D eigenvalue weighted by molar-refractivity contribution is 5.94. The summed E-state index contributed by atoms with van der Waals surface area (Å²) < 4.78 is 30.0. The maximum Gasteiger partial charge on any atom is 0.408 e. The van der Waals surface area contributed by atoms with E-state index in [-0.39, 0.29) is 29.7 Å². The van der Waals surface area contributed by atoms with Crippen LogP contribution in [-0.2, 0) is 38.1 Å². The van der Waals surface area contributed by atoms with Crippen molar-refractivity contribution < 1.29 is 63.0 Å². The summed E-state index contributed by atoms with van der Waals surface area (Å²) in [7, 11) is 0. The highest BCUT2D eigenvalue weighted by Gasteiger charge is 2.78. The van der Waals surface area contributed by atoms with Crippen molar-refractivity contribution in [2.45, 2.75) is 129 Å². The fourth-order valence-electron chi connectivity index (χ4n) is 9.75. The number of amides is 1. The number of hydrogen-bond donors (Lipinski definition) is 4. The molecule has 1 heterocycles. The third kappa shape index (κ3) is 7.11. The van der Waals surface area contributed by atoms with Crippen LogP contribution in [0.2, 0.25) is 0 Å². The Labute approximate surface area is 338 Å². The number of esters is 3. The van der Waals surface area contributed by atoms with Crippen LogP contribution in [0.4, 0.5) is 4.79 Å². The first-order valence-corrected chi connectivity index (χ1v) is 19.7. The Bertz CT molecular complexity index is 1970. The van der Waals surface area contributed by atoms with Crippen molar-refractivity contribution in [3.63, 3.8) is 0 Å². The normalized spacial score (nSPS) is 33.7. The zero-order valence-corrected chi connectivity index (χ0v) is 34.4. The fourth-order valence-corrected chi connectivity index (χ4v) is 9.75. The van der Waals surface area contributed by atoms with Gasteiger partial charge in [0.1, 0.15) is 35.6 Å². The topological polar surface area (TPSA) is 204 Å². The van der Waals surface area contributed by atoms with Gasteiger partial charge >= 0.3 is 24.0 Å². The summed E-state index contributed by atoms with van der Waals surface area (Å²) in [5.41, 5.74) is -7.35. The third-order valence-electron chi connectivity index (χ3n) is 12.9. The molecule has 1 aliphatic heterocycles. The Morgan fingerprint density at radius 3 is 2.10 bits per heavy atom. The van der Waals surface area contributed by atoms with Gasteiger partial charge in [0.25, 0.3) is 0 Å². The van der Waals surface area contributed by atoms with Crippen LogP contribution in [0.1, 0.15) is 97.1 Å². The molecule has 2 aromatic rings. The zero-order chi connectivity index (χ0) is 42.7. The molecule has 1 saturated heterocycles. The highest BCUT2D eigenvalue weighted by Crippen LogP contribution is 2.64. The van der Waals surface area contributed by atoms with Crippen molar-refractivity contribution in [3.8, 4) is 0 Å². The van der Waals surface area contributed by atoms with Crippen LogP contribution in [0.15, 0.2) is 71.8 Å². The molecule has 4 aliphatic rings. The maximum absolute atomic E-state index is 15.0. The molecule has 6 rings (SSSR count). The molecule has 4 N–H and O–H groups in total. The number of nitrogens with one attached hydrogen (secondary N) is 1. The fraction of sp³-hybridized carbons (Fsp3) is 0.568. The summed E-state index contributed by atoms with van der Waals surface area (Å²) in [4.78, 5) is 69.4. The average molecular weight is 806 g/mol. The number of fused-ring (bicyclic) bond motifs is 5. The smallest absolute Gasteiger partial charge is 0.408 e. The Morgan fingerprint density at radius 2 is 1.55 bits per heavy atom. The number of ether oxygens (including phenoxy) is 5. The van der Waals surface area contributed by atoms with Gasteiger partial charge in [-0.2, -0.15) is 0 Å². The van der Waals surface area contributed by atoms with E-state index in [1.165, 1.54) is 26.0 Å². The standard InChI is InChI=1S/C44H55NO13/c1-23-28(55-37(50)24(2)32(26-16-12-10-13-17-26)45-39(52)58-40(4,5)6)21-44(53)36(56-38(51)27-18-14-11-15-19-27)34-42(9,35(49)33(48)31(23)41(44,7)8)29(47)20-30-43(34,22-54-30)57-25(3)46/h10-19,24,28-30,32-34,36,47-48,53H,20-22H2,1-9H3,(H,45,52)/t24-,28+,29+,30-,32-,33-,34?,36?,42-,43+,44-/m1/s1. The monoisotopic (exact) mass is 805 g/mol. The third-order valence-corrected chi connectivity index (χ3v) is 12.9. The lowest BCUT2D eigenvalue weighted by atomic mass is 9.44. The molecule has 2 bridgehead atoms. The minimum absolute atomic E-state index is 0.0179. The number of rotatable bonds is 8. The summed E-state index contributed by atoms with van der Waals surface area (Å²) >= 11 is 0. The largest absolute Gasteiger partial charge is 0.457 e. The van der Waals surface area contributed by atoms with Gasteiger partial charge in [0.05, 0.1) is 41.6 Å². The molecule has 2 aromatic carbocycles. The number of benzene rings is 2. The number of carbonyl (C=O) groups excluding carboxylic acids is 5. The van der Waals surface area contributed by atoms with E-state index >= 15 is 0 Å². The van der Waals surface area contributed by atoms with Gasteiger partial charge < -0.3 is 44.3 Å². The lowest BCUT2D eigenvalue weighted by molar-refractivity contribution is -0.346. The predicted octanol–water partition coefficient (Wildman–Crippen LogP) is 4.53. The van der Waals surface area contributed by atoms with E-state index in [0.29, 0.717) is 5.56 Å². The number of ketones is 1. The molecule has 3 fully saturated rings. The molecule has 1 amide bonds. The summed E-state index contributed by atoms with van der Waals surface area (Å²) in [5.74, 6) is -5.80. The predicted molar refractivity (Wildman–Crippen MR) is 207 cm³/mol. The van der Waals surface area contributed by atoms with Gasteiger partial charge in [0, 0.05) is 25.2 Å². The number of carbonyl (C=O) groups is 5. The van der Waals surface area contributed by atoms with E-state index in [0.717, 1.165) is 0 Å². The summed E-state index contributed by atoms with van der Waals surface area (Å²) in [6, 6.07) is 15.8. The second-order valence-electron chi connectivity index (χ2n) is 17.9. The summed E-state index contributed by atoms with van der Waals surface area (Å²) in [6.45, 7) is 13.8. The van der Waals surface area contributed by atoms with Gasteiger partial charge in [0.15, 0.2) is 11.4 Å². The Balaban J connectivity index is 1.49. The van der Waals surface area contributed by atoms with Gasteiger partial charge in [-0.25, -0.2) is 9.59 Å². The molecule has 11 atom stereocenters. The Hall–Kier alpha value is -4.63. The van der Waals surface area contributed by atoms with Crippen molar-refractivity contribution in [1.29, 1.82) is 0 Å². The van der Waals surface area contributed by atoms with Crippen molar-refractivity contribution in [3.05, 3.63) is 82.9 Å². The minimum Gasteiger partial charge on any atom is -0.457 e. The first-order chi connectivity index (χ1) is 27.0. The van der Waals surface area contributed by atoms with E-state index in [2.05, 4.69) is 5.32 Å². The first kappa shape index (κ1) is 43.0. The van der Waals surface area contributed by atoms with Crippen LogP contribution < -0.4 is 5.32 Å². The summed E-state index contributed by atoms with van der Waals surface area (Å²) in [5, 5.41) is 40.4. The molecule has 14 heteroatoms. The van der Waals surface area contributed by atoms with Crippen LogP contribution in [0.3, 0.4) is 0 Å². The molecule has 0 spiro atoms. The van der Waals surface area contributed by atoms with Crippen molar-refractivity contribution in [2.75, 3.05) is 6.61 Å². The second kappa shape index (κ2) is 15.2. The highest BCUT2D eigenvalue weighted by atomic mass is 16.6. The van der Waals surface area contributed by atoms with Crippen molar-refractivity contribution in [2.24, 2.45) is 22.7 Å². The number of alkyl carbamates (subject to hydrolysis) is 1. The van der Waals surface area contributed by atoms with Gasteiger partial charge in [-0.1, -0.05) is 62.4 Å².